The molecule has 4 nitrogen and oxygen atoms in total. The first-order valence-corrected chi connectivity index (χ1v) is 2.95. The second-order valence-electron chi connectivity index (χ2n) is 0.957. The second kappa shape index (κ2) is 1.13. The third-order valence-corrected chi connectivity index (χ3v) is 1.23. The normalized spacial score (nSPS) is 23.4. The van der Waals surface area contributed by atoms with Gasteiger partial charge in [-0.3, -0.25) is 0 Å². The molecule has 0 fully saturated rings. The van der Waals surface area contributed by atoms with Crippen LogP contribution in [0.3, 0.4) is 0 Å². The van der Waals surface area contributed by atoms with E-state index in [0.717, 1.165) is 12.4 Å². The van der Waals surface area contributed by atoms with Crippen LogP contribution in [0.1, 0.15) is 0 Å². The lowest BCUT2D eigenvalue weighted by Gasteiger charge is -1.72. The van der Waals surface area contributed by atoms with Gasteiger partial charge < -0.3 is 0 Å². The van der Waals surface area contributed by atoms with Crippen LogP contribution in [0.2, 0.25) is 0 Å². The van der Waals surface area contributed by atoms with Gasteiger partial charge in [0, 0.05) is 0 Å². The maximum absolute atomic E-state index is 10.0. The Morgan fingerprint density at radius 1 is 1.14 bits per heavy atom. The standard InChI is InChI=1S/C2H2N2O2S/c5-7(6)3-1-2-4-7/h1-2H. The molecule has 7 heavy (non-hydrogen) atoms. The predicted molar refractivity (Wildman–Crippen MR) is 25.9 cm³/mol. The van der Waals surface area contributed by atoms with Gasteiger partial charge in [-0.25, -0.2) is 0 Å². The summed E-state index contributed by atoms with van der Waals surface area (Å²) in [5.41, 5.74) is 0. The average Bonchev–Trinajstić information content (AvgIpc) is 1.84. The molecule has 0 unspecified atom stereocenters. The lowest BCUT2D eigenvalue weighted by molar-refractivity contribution is 0.601. The smallest absolute Gasteiger partial charge is 0.179 e. The van der Waals surface area contributed by atoms with Gasteiger partial charge >= 0.3 is 10.2 Å². The molecule has 0 aromatic heterocycles. The molecule has 0 N–H and O–H groups in total. The van der Waals surface area contributed by atoms with Crippen molar-refractivity contribution >= 4 is 22.6 Å². The van der Waals surface area contributed by atoms with Crippen LogP contribution in [0.4, 0.5) is 0 Å². The molecular weight excluding hydrogens is 116 g/mol. The van der Waals surface area contributed by atoms with E-state index in [2.05, 4.69) is 8.80 Å². The third-order valence-electron chi connectivity index (χ3n) is 0.455. The molecule has 0 saturated heterocycles. The Kier molecular flexibility index (Phi) is 0.717. The Hall–Kier alpha value is -0.710. The number of hydrogen-bond donors (Lipinski definition) is 0. The Morgan fingerprint density at radius 2 is 1.57 bits per heavy atom. The zero-order valence-corrected chi connectivity index (χ0v) is 4.09. The van der Waals surface area contributed by atoms with Crippen LogP contribution >= 0.6 is 0 Å². The molecule has 38 valence electrons. The van der Waals surface area contributed by atoms with Crippen LogP contribution in [-0.2, 0) is 10.2 Å². The van der Waals surface area contributed by atoms with Crippen molar-refractivity contribution in [1.82, 2.24) is 0 Å². The molecule has 0 aromatic carbocycles. The summed E-state index contributed by atoms with van der Waals surface area (Å²) in [6.07, 6.45) is 2.27. The summed E-state index contributed by atoms with van der Waals surface area (Å²) in [5.74, 6) is 0. The quantitative estimate of drug-likeness (QED) is 0.426. The Morgan fingerprint density at radius 3 is 1.71 bits per heavy atom. The van der Waals surface area contributed by atoms with Crippen molar-refractivity contribution in [1.29, 1.82) is 0 Å². The highest BCUT2D eigenvalue weighted by atomic mass is 32.2. The summed E-state index contributed by atoms with van der Waals surface area (Å²) in [5, 5.41) is 0. The van der Waals surface area contributed by atoms with E-state index in [-0.39, 0.29) is 0 Å². The minimum absolute atomic E-state index is 1.13. The molecule has 1 heterocycles. The van der Waals surface area contributed by atoms with Gasteiger partial charge in [0.05, 0.1) is 12.4 Å². The topological polar surface area (TPSA) is 58.9 Å². The molecule has 0 atom stereocenters. The zero-order chi connectivity index (χ0) is 5.33. The largest absolute Gasteiger partial charge is 0.363 e. The highest BCUT2D eigenvalue weighted by Crippen LogP contribution is 1.94. The van der Waals surface area contributed by atoms with Crippen molar-refractivity contribution < 1.29 is 8.42 Å². The van der Waals surface area contributed by atoms with Crippen LogP contribution in [0.15, 0.2) is 8.80 Å². The summed E-state index contributed by atoms with van der Waals surface area (Å²) in [4.78, 5) is 0. The number of hydrogen-bond acceptors (Lipinski definition) is 2. The van der Waals surface area contributed by atoms with Crippen molar-refractivity contribution in [2.24, 2.45) is 8.80 Å². The monoisotopic (exact) mass is 118 g/mol. The molecule has 0 radical (unpaired) electrons. The van der Waals surface area contributed by atoms with Crippen molar-refractivity contribution in [2.75, 3.05) is 0 Å². The van der Waals surface area contributed by atoms with Crippen molar-refractivity contribution in [3.05, 3.63) is 0 Å². The summed E-state index contributed by atoms with van der Waals surface area (Å²) in [7, 11) is -3.41. The fraction of sp³-hybridized carbons (Fsp3) is 0. The molecule has 5 heteroatoms. The van der Waals surface area contributed by atoms with E-state index in [1.165, 1.54) is 0 Å². The number of nitrogens with zero attached hydrogens (tertiary/aromatic N) is 2. The second-order valence-corrected chi connectivity index (χ2v) is 2.27. The van der Waals surface area contributed by atoms with Gasteiger partial charge in [0.15, 0.2) is 0 Å². The van der Waals surface area contributed by atoms with E-state index in [0.29, 0.717) is 0 Å². The van der Waals surface area contributed by atoms with E-state index in [4.69, 9.17) is 0 Å². The molecule has 0 aromatic rings. The minimum Gasteiger partial charge on any atom is -0.179 e. The lowest BCUT2D eigenvalue weighted by atomic mass is 10.9. The Bertz CT molecular complexity index is 194. The molecular formula is C2H2N2O2S. The van der Waals surface area contributed by atoms with E-state index in [9.17, 15) is 8.42 Å². The molecule has 1 aliphatic heterocycles. The maximum Gasteiger partial charge on any atom is 0.363 e. The summed E-state index contributed by atoms with van der Waals surface area (Å²) < 4.78 is 26.1. The molecule has 0 spiro atoms. The van der Waals surface area contributed by atoms with E-state index in [1.807, 2.05) is 0 Å². The first-order chi connectivity index (χ1) is 3.21. The van der Waals surface area contributed by atoms with Crippen molar-refractivity contribution in [2.45, 2.75) is 0 Å². The van der Waals surface area contributed by atoms with Crippen LogP contribution in [-0.4, -0.2) is 20.8 Å². The maximum atomic E-state index is 10.0. The number of rotatable bonds is 0. The van der Waals surface area contributed by atoms with E-state index in [1.54, 1.807) is 0 Å². The van der Waals surface area contributed by atoms with E-state index >= 15 is 0 Å². The van der Waals surface area contributed by atoms with Gasteiger partial charge in [-0.1, -0.05) is 0 Å². The first kappa shape index (κ1) is 4.45. The fourth-order valence-electron chi connectivity index (χ4n) is 0.235. The average molecular weight is 118 g/mol. The predicted octanol–water partition coefficient (Wildman–Crippen LogP) is -0.614. The highest BCUT2D eigenvalue weighted by molar-refractivity contribution is 7.89. The van der Waals surface area contributed by atoms with Gasteiger partial charge in [0.25, 0.3) is 0 Å². The van der Waals surface area contributed by atoms with Gasteiger partial charge in [-0.05, 0) is 0 Å². The van der Waals surface area contributed by atoms with Crippen LogP contribution in [0.5, 0.6) is 0 Å². The van der Waals surface area contributed by atoms with Crippen molar-refractivity contribution in [3.8, 4) is 0 Å². The zero-order valence-electron chi connectivity index (χ0n) is 3.27. The van der Waals surface area contributed by atoms with Gasteiger partial charge in [-0.2, -0.15) is 17.2 Å². The highest BCUT2D eigenvalue weighted by Gasteiger charge is 2.03. The molecule has 0 aliphatic carbocycles. The van der Waals surface area contributed by atoms with E-state index < -0.39 is 10.2 Å². The third kappa shape index (κ3) is 0.833. The van der Waals surface area contributed by atoms with Gasteiger partial charge in [0.2, 0.25) is 0 Å². The minimum atomic E-state index is -3.41. The van der Waals surface area contributed by atoms with Crippen LogP contribution < -0.4 is 0 Å². The first-order valence-electron chi connectivity index (χ1n) is 1.55. The summed E-state index contributed by atoms with van der Waals surface area (Å²) in [6.45, 7) is 0. The molecule has 1 rings (SSSR count). The molecule has 1 aliphatic rings. The van der Waals surface area contributed by atoms with Crippen LogP contribution in [0, 0.1) is 0 Å². The lowest BCUT2D eigenvalue weighted by Crippen LogP contribution is -1.80. The van der Waals surface area contributed by atoms with Crippen molar-refractivity contribution in [3.63, 3.8) is 0 Å². The molecule has 0 bridgehead atoms. The van der Waals surface area contributed by atoms with Gasteiger partial charge in [0.1, 0.15) is 0 Å². The Labute approximate surface area is 40.8 Å². The van der Waals surface area contributed by atoms with Crippen LogP contribution in [0.25, 0.3) is 0 Å². The molecule has 0 amide bonds. The van der Waals surface area contributed by atoms with Gasteiger partial charge in [-0.15, -0.1) is 0 Å². The fourth-order valence-corrected chi connectivity index (χ4v) is 0.706. The summed E-state index contributed by atoms with van der Waals surface area (Å²) >= 11 is 0. The SMILES string of the molecule is O=S1(=O)N=CC=N1. The summed E-state index contributed by atoms with van der Waals surface area (Å²) in [6, 6.07) is 0. The Balaban J connectivity index is 3.25. The molecule has 0 saturated carbocycles.